The van der Waals surface area contributed by atoms with E-state index in [9.17, 15) is 9.59 Å². The minimum Gasteiger partial charge on any atom is -0.481 e. The molecule has 11 heavy (non-hydrogen) atoms. The van der Waals surface area contributed by atoms with Crippen molar-refractivity contribution in [3.05, 3.63) is 0 Å². The first kappa shape index (κ1) is 11.7. The second kappa shape index (κ2) is 4.78. The Balaban J connectivity index is 0. The maximum atomic E-state index is 10.2. The van der Waals surface area contributed by atoms with Gasteiger partial charge in [0, 0.05) is 0 Å². The molecule has 0 saturated carbocycles. The standard InChI is InChI=1S/C6H10O4.Rf/c1-2-4(6(9)10)3-5(7)8;/h4H,2-3H2,1H3,(H,7,8)(H,9,10);. The van der Waals surface area contributed by atoms with Gasteiger partial charge in [-0.3, -0.25) is 9.59 Å². The Bertz CT molecular complexity index is 146. The fourth-order valence-corrected chi connectivity index (χ4v) is 0.617. The first-order chi connectivity index (χ1) is 4.57. The Kier molecular flexibility index (Phi) is 5.09. The van der Waals surface area contributed by atoms with E-state index in [4.69, 9.17) is 10.2 Å². The molecule has 0 aliphatic heterocycles. The van der Waals surface area contributed by atoms with Gasteiger partial charge in [0.05, 0.1) is 12.3 Å². The average molecular weight is 413 g/mol. The van der Waals surface area contributed by atoms with Crippen LogP contribution in [0.1, 0.15) is 19.8 Å². The summed E-state index contributed by atoms with van der Waals surface area (Å²) in [5.41, 5.74) is 0. The molecule has 0 aliphatic rings. The number of carboxylic acid groups (broad SMARTS) is 2. The molecule has 0 aromatic rings. The number of hydrogen-bond donors (Lipinski definition) is 2. The van der Waals surface area contributed by atoms with Crippen molar-refractivity contribution < 1.29 is 19.8 Å². The molecule has 0 radical (unpaired) electrons. The molecule has 4 nitrogen and oxygen atoms in total. The fraction of sp³-hybridized carbons (Fsp3) is 0.667. The van der Waals surface area contributed by atoms with Crippen LogP contribution in [-0.2, 0) is 9.59 Å². The third kappa shape index (κ3) is 4.44. The molecular formula is C6H10O4Rf. The van der Waals surface area contributed by atoms with Gasteiger partial charge < -0.3 is 10.2 Å². The zero-order chi connectivity index (χ0) is 8.15. The van der Waals surface area contributed by atoms with Gasteiger partial charge in [0.1, 0.15) is 0 Å². The van der Waals surface area contributed by atoms with E-state index >= 15 is 0 Å². The first-order valence-electron chi connectivity index (χ1n) is 3.02. The largest absolute Gasteiger partial charge is 0.481 e. The molecule has 1 unspecified atom stereocenters. The van der Waals surface area contributed by atoms with Crippen molar-refractivity contribution >= 4 is 11.9 Å². The molecule has 0 bridgehead atoms. The Hall–Kier alpha value is -2.06. The summed E-state index contributed by atoms with van der Waals surface area (Å²) in [6.45, 7) is 1.65. The van der Waals surface area contributed by atoms with Gasteiger partial charge in [0.25, 0.3) is 0 Å². The summed E-state index contributed by atoms with van der Waals surface area (Å²) in [6.07, 6.45) is 0.0769. The van der Waals surface area contributed by atoms with E-state index in [0.29, 0.717) is 6.42 Å². The number of carboxylic acids is 2. The van der Waals surface area contributed by atoms with E-state index in [-0.39, 0.29) is 6.42 Å². The van der Waals surface area contributed by atoms with E-state index in [1.54, 1.807) is 6.92 Å². The molecule has 2 N–H and O–H groups in total. The van der Waals surface area contributed by atoms with E-state index < -0.39 is 17.9 Å². The minimum atomic E-state index is -1.06. The summed E-state index contributed by atoms with van der Waals surface area (Å²) in [5.74, 6) is -2.84. The molecule has 0 amide bonds. The topological polar surface area (TPSA) is 74.6 Å². The van der Waals surface area contributed by atoms with Gasteiger partial charge in [0.2, 0.25) is 0 Å². The van der Waals surface area contributed by atoms with E-state index in [1.165, 1.54) is 0 Å². The number of aliphatic carboxylic acids is 2. The van der Waals surface area contributed by atoms with Crippen molar-refractivity contribution in [1.82, 2.24) is 0 Å². The Morgan fingerprint density at radius 2 is 1.82 bits per heavy atom. The van der Waals surface area contributed by atoms with Crippen LogP contribution in [0.15, 0.2) is 0 Å². The zero-order valence-corrected chi connectivity index (χ0v) is 12.8. The number of carbonyl (C=O) groups is 2. The second-order valence-electron chi connectivity index (χ2n) is 2.04. The first-order valence-corrected chi connectivity index (χ1v) is 3.02. The third-order valence-electron chi connectivity index (χ3n) is 1.26. The fourth-order valence-electron chi connectivity index (χ4n) is 0.617. The van der Waals surface area contributed by atoms with Crippen molar-refractivity contribution in [3.8, 4) is 0 Å². The molecule has 5 heteroatoms. The predicted molar refractivity (Wildman–Crippen MR) is 33.7 cm³/mol. The van der Waals surface area contributed by atoms with Gasteiger partial charge in [0.15, 0.2) is 0 Å². The van der Waals surface area contributed by atoms with Gasteiger partial charge >= 0.3 is 11.9 Å². The van der Waals surface area contributed by atoms with Gasteiger partial charge in [-0.05, 0) is 6.42 Å². The van der Waals surface area contributed by atoms with E-state index in [1.807, 2.05) is 0 Å². The smallest absolute Gasteiger partial charge is 0.307 e. The van der Waals surface area contributed by atoms with Crippen molar-refractivity contribution in [2.75, 3.05) is 0 Å². The number of rotatable bonds is 4. The SMILES string of the molecule is CCC(CC(=O)O)C(=O)O.[Rf]. The molecule has 1 atom stereocenters. The molecule has 0 heterocycles. The normalized spacial score (nSPS) is 11.4. The summed E-state index contributed by atoms with van der Waals surface area (Å²) < 4.78 is 0. The van der Waals surface area contributed by atoms with Crippen LogP contribution in [0.5, 0.6) is 0 Å². The Morgan fingerprint density at radius 3 is 1.91 bits per heavy atom. The van der Waals surface area contributed by atoms with Crippen LogP contribution in [0.25, 0.3) is 0 Å². The summed E-state index contributed by atoms with van der Waals surface area (Å²) in [7, 11) is 0. The zero-order valence-electron chi connectivity index (χ0n) is 6.41. The van der Waals surface area contributed by atoms with Gasteiger partial charge in [-0.2, -0.15) is 0 Å². The van der Waals surface area contributed by atoms with E-state index in [2.05, 4.69) is 0 Å². The van der Waals surface area contributed by atoms with Crippen LogP contribution in [0.2, 0.25) is 0 Å². The molecule has 60 valence electrons. The summed E-state index contributed by atoms with van der Waals surface area (Å²) >= 11 is 0. The Morgan fingerprint density at radius 1 is 1.36 bits per heavy atom. The quantitative estimate of drug-likeness (QED) is 0.707. The third-order valence-corrected chi connectivity index (χ3v) is 1.26. The molecular weight excluding hydrogens is 403 g/mol. The molecule has 0 saturated heterocycles. The summed E-state index contributed by atoms with van der Waals surface area (Å²) in [6, 6.07) is 0. The van der Waals surface area contributed by atoms with Crippen molar-refractivity contribution in [2.24, 2.45) is 5.92 Å². The summed E-state index contributed by atoms with van der Waals surface area (Å²) in [5, 5.41) is 16.6. The minimum absolute atomic E-state index is 0. The van der Waals surface area contributed by atoms with Crippen LogP contribution in [0.3, 0.4) is 0 Å². The van der Waals surface area contributed by atoms with Crippen LogP contribution < -0.4 is 0 Å². The molecule has 0 aliphatic carbocycles. The monoisotopic (exact) mass is 413 g/mol. The summed E-state index contributed by atoms with van der Waals surface area (Å²) in [4.78, 5) is 20.2. The van der Waals surface area contributed by atoms with Gasteiger partial charge in [-0.15, -0.1) is 0 Å². The maximum Gasteiger partial charge on any atom is 0.307 e. The average Bonchev–Trinajstić information content (AvgIpc) is 1.81. The Labute approximate surface area is 58.5 Å². The van der Waals surface area contributed by atoms with E-state index in [0.717, 1.165) is 0 Å². The van der Waals surface area contributed by atoms with Gasteiger partial charge in [-0.1, -0.05) is 6.92 Å². The van der Waals surface area contributed by atoms with Crippen LogP contribution in [0.4, 0.5) is 0 Å². The molecule has 0 aromatic carbocycles. The van der Waals surface area contributed by atoms with Crippen molar-refractivity contribution in [2.45, 2.75) is 19.8 Å². The molecule has 0 rings (SSSR count). The molecule has 0 spiro atoms. The van der Waals surface area contributed by atoms with Crippen LogP contribution in [-0.4, -0.2) is 22.2 Å². The van der Waals surface area contributed by atoms with Gasteiger partial charge in [-0.25, -0.2) is 0 Å². The van der Waals surface area contributed by atoms with Crippen LogP contribution in [0, 0.1) is 5.92 Å². The van der Waals surface area contributed by atoms with Crippen molar-refractivity contribution in [3.63, 3.8) is 0 Å². The molecule has 0 aromatic heterocycles. The van der Waals surface area contributed by atoms with Crippen LogP contribution >= 0.6 is 0 Å². The predicted octanol–water partition coefficient (Wildman–Crippen LogP) is 0.572. The number of hydrogen-bond acceptors (Lipinski definition) is 2. The molecule has 0 fully saturated rings. The van der Waals surface area contributed by atoms with Crippen molar-refractivity contribution in [1.29, 1.82) is 0 Å². The second-order valence-corrected chi connectivity index (χ2v) is 2.04. The maximum absolute atomic E-state index is 10.2.